The molecule has 0 bridgehead atoms. The molecule has 49 valence electrons. The molecule has 0 aliphatic carbocycles. The summed E-state index contributed by atoms with van der Waals surface area (Å²) in [6, 6.07) is 0. The third kappa shape index (κ3) is 4.51. The molecule has 0 aromatic heterocycles. The minimum atomic E-state index is 0.509. The maximum Gasteiger partial charge on any atom is 0.0151 e. The Morgan fingerprint density at radius 2 is 1.88 bits per heavy atom. The molecule has 0 saturated heterocycles. The summed E-state index contributed by atoms with van der Waals surface area (Å²) in [5.74, 6) is 0.775. The van der Waals surface area contributed by atoms with Gasteiger partial charge in [-0.15, -0.1) is 0 Å². The zero-order valence-electron chi connectivity index (χ0n) is 5.98. The second-order valence-electron chi connectivity index (χ2n) is 2.66. The first-order valence-corrected chi connectivity index (χ1v) is 3.79. The molecule has 1 unspecified atom stereocenters. The van der Waals surface area contributed by atoms with Crippen molar-refractivity contribution in [2.24, 2.45) is 5.92 Å². The molecule has 1 atom stereocenters. The van der Waals surface area contributed by atoms with Crippen LogP contribution in [0.1, 0.15) is 33.6 Å². The number of rotatable bonds is 3. The van der Waals surface area contributed by atoms with Crippen molar-refractivity contribution in [3.8, 4) is 0 Å². The van der Waals surface area contributed by atoms with E-state index >= 15 is 0 Å². The van der Waals surface area contributed by atoms with Crippen molar-refractivity contribution >= 4 is 12.6 Å². The Kier molecular flexibility index (Phi) is 4.44. The third-order valence-corrected chi connectivity index (χ3v) is 1.72. The summed E-state index contributed by atoms with van der Waals surface area (Å²) in [5.41, 5.74) is 0. The SMILES string of the molecule is CCC([S])CC(C)C. The van der Waals surface area contributed by atoms with Crippen LogP contribution in [0.3, 0.4) is 0 Å². The Bertz CT molecular complexity index is 50.3. The van der Waals surface area contributed by atoms with Gasteiger partial charge < -0.3 is 0 Å². The average molecular weight is 131 g/mol. The van der Waals surface area contributed by atoms with Crippen LogP contribution >= 0.6 is 12.6 Å². The molecule has 0 fully saturated rings. The van der Waals surface area contributed by atoms with Crippen molar-refractivity contribution in [1.82, 2.24) is 0 Å². The molecule has 8 heavy (non-hydrogen) atoms. The van der Waals surface area contributed by atoms with Gasteiger partial charge in [-0.2, -0.15) is 0 Å². The van der Waals surface area contributed by atoms with Crippen molar-refractivity contribution in [2.75, 3.05) is 0 Å². The number of hydrogen-bond donors (Lipinski definition) is 0. The van der Waals surface area contributed by atoms with Gasteiger partial charge >= 0.3 is 0 Å². The monoisotopic (exact) mass is 131 g/mol. The van der Waals surface area contributed by atoms with E-state index in [2.05, 4.69) is 20.8 Å². The van der Waals surface area contributed by atoms with Crippen LogP contribution in [0.25, 0.3) is 0 Å². The van der Waals surface area contributed by atoms with Crippen LogP contribution in [0, 0.1) is 5.92 Å². The van der Waals surface area contributed by atoms with Gasteiger partial charge in [0.15, 0.2) is 0 Å². The maximum absolute atomic E-state index is 5.11. The van der Waals surface area contributed by atoms with Crippen LogP contribution in [-0.4, -0.2) is 5.25 Å². The van der Waals surface area contributed by atoms with Crippen molar-refractivity contribution in [3.63, 3.8) is 0 Å². The lowest BCUT2D eigenvalue weighted by molar-refractivity contribution is 0.562. The molecule has 0 aromatic rings. The summed E-state index contributed by atoms with van der Waals surface area (Å²) < 4.78 is 0. The molecular formula is C7H15S. The van der Waals surface area contributed by atoms with Gasteiger partial charge in [-0.1, -0.05) is 33.4 Å². The first-order valence-electron chi connectivity index (χ1n) is 3.32. The van der Waals surface area contributed by atoms with E-state index in [4.69, 9.17) is 12.6 Å². The van der Waals surface area contributed by atoms with E-state index in [-0.39, 0.29) is 0 Å². The lowest BCUT2D eigenvalue weighted by Gasteiger charge is -2.07. The summed E-state index contributed by atoms with van der Waals surface area (Å²) in [7, 11) is 0. The molecule has 0 rings (SSSR count). The normalized spacial score (nSPS) is 14.6. The molecule has 1 radical (unpaired) electrons. The molecule has 0 heterocycles. The van der Waals surface area contributed by atoms with E-state index in [0.29, 0.717) is 5.25 Å². The topological polar surface area (TPSA) is 0 Å². The Hall–Kier alpha value is 0.350. The fraction of sp³-hybridized carbons (Fsp3) is 1.00. The lowest BCUT2D eigenvalue weighted by Crippen LogP contribution is -2.00. The van der Waals surface area contributed by atoms with Crippen molar-refractivity contribution in [1.29, 1.82) is 0 Å². The lowest BCUT2D eigenvalue weighted by atomic mass is 10.1. The van der Waals surface area contributed by atoms with Crippen LogP contribution in [0.15, 0.2) is 0 Å². The third-order valence-electron chi connectivity index (χ3n) is 1.19. The average Bonchev–Trinajstić information content (AvgIpc) is 1.65. The molecule has 0 aliphatic heterocycles. The summed E-state index contributed by atoms with van der Waals surface area (Å²) >= 11 is 5.11. The molecule has 0 N–H and O–H groups in total. The Morgan fingerprint density at radius 3 is 2.00 bits per heavy atom. The van der Waals surface area contributed by atoms with Crippen LogP contribution in [0.4, 0.5) is 0 Å². The Labute approximate surface area is 58.1 Å². The van der Waals surface area contributed by atoms with E-state index in [1.807, 2.05) is 0 Å². The fourth-order valence-corrected chi connectivity index (χ4v) is 1.08. The van der Waals surface area contributed by atoms with Crippen LogP contribution in [0.2, 0.25) is 0 Å². The van der Waals surface area contributed by atoms with E-state index < -0.39 is 0 Å². The predicted molar refractivity (Wildman–Crippen MR) is 41.1 cm³/mol. The predicted octanol–water partition coefficient (Wildman–Crippen LogP) is 3.01. The van der Waals surface area contributed by atoms with Gasteiger partial charge in [0.2, 0.25) is 0 Å². The minimum absolute atomic E-state index is 0.509. The summed E-state index contributed by atoms with van der Waals surface area (Å²) in [4.78, 5) is 0. The first kappa shape index (κ1) is 8.35. The highest BCUT2D eigenvalue weighted by Crippen LogP contribution is 2.12. The highest BCUT2D eigenvalue weighted by molar-refractivity contribution is 7.80. The van der Waals surface area contributed by atoms with Gasteiger partial charge in [0.05, 0.1) is 0 Å². The minimum Gasteiger partial charge on any atom is -0.0904 e. The Balaban J connectivity index is 3.10. The quantitative estimate of drug-likeness (QED) is 0.552. The molecule has 0 amide bonds. The van der Waals surface area contributed by atoms with Gasteiger partial charge in [0.1, 0.15) is 0 Å². The van der Waals surface area contributed by atoms with E-state index in [0.717, 1.165) is 12.3 Å². The van der Waals surface area contributed by atoms with Gasteiger partial charge in [0, 0.05) is 5.25 Å². The highest BCUT2D eigenvalue weighted by atomic mass is 32.1. The second kappa shape index (κ2) is 4.25. The van der Waals surface area contributed by atoms with Crippen molar-refractivity contribution < 1.29 is 0 Å². The van der Waals surface area contributed by atoms with Gasteiger partial charge in [-0.3, -0.25) is 0 Å². The zero-order valence-corrected chi connectivity index (χ0v) is 6.79. The molecule has 0 aromatic carbocycles. The second-order valence-corrected chi connectivity index (χ2v) is 3.33. The van der Waals surface area contributed by atoms with Gasteiger partial charge in [0.25, 0.3) is 0 Å². The smallest absolute Gasteiger partial charge is 0.0151 e. The molecular weight excluding hydrogens is 116 g/mol. The largest absolute Gasteiger partial charge is 0.0904 e. The van der Waals surface area contributed by atoms with E-state index in [1.54, 1.807) is 0 Å². The maximum atomic E-state index is 5.11. The van der Waals surface area contributed by atoms with Crippen LogP contribution in [0.5, 0.6) is 0 Å². The molecule has 0 aliphatic rings. The van der Waals surface area contributed by atoms with E-state index in [9.17, 15) is 0 Å². The van der Waals surface area contributed by atoms with E-state index in [1.165, 1.54) is 6.42 Å². The van der Waals surface area contributed by atoms with Crippen LogP contribution < -0.4 is 0 Å². The summed E-state index contributed by atoms with van der Waals surface area (Å²) in [6.45, 7) is 6.59. The van der Waals surface area contributed by atoms with Crippen LogP contribution in [-0.2, 0) is 0 Å². The van der Waals surface area contributed by atoms with Crippen molar-refractivity contribution in [3.05, 3.63) is 0 Å². The molecule has 1 heteroatoms. The summed E-state index contributed by atoms with van der Waals surface area (Å²) in [6.07, 6.45) is 2.35. The highest BCUT2D eigenvalue weighted by Gasteiger charge is 2.01. The molecule has 0 saturated carbocycles. The first-order chi connectivity index (χ1) is 3.66. The fourth-order valence-electron chi connectivity index (χ4n) is 0.692. The van der Waals surface area contributed by atoms with Gasteiger partial charge in [-0.25, -0.2) is 0 Å². The number of hydrogen-bond acceptors (Lipinski definition) is 0. The van der Waals surface area contributed by atoms with Gasteiger partial charge in [-0.05, 0) is 18.8 Å². The molecule has 0 spiro atoms. The summed E-state index contributed by atoms with van der Waals surface area (Å²) in [5, 5.41) is 0.509. The standard InChI is InChI=1S/C7H15S/c1-4-7(8)5-6(2)3/h6-7H,4-5H2,1-3H3. The van der Waals surface area contributed by atoms with Crippen molar-refractivity contribution in [2.45, 2.75) is 38.9 Å². The zero-order chi connectivity index (χ0) is 6.57. The molecule has 0 nitrogen and oxygen atoms in total. The Morgan fingerprint density at radius 1 is 1.38 bits per heavy atom.